The monoisotopic (exact) mass is 257 g/mol. The third kappa shape index (κ3) is 1.55. The largest absolute Gasteiger partial charge is 0.515 e. The lowest BCUT2D eigenvalue weighted by Crippen LogP contribution is -2.14. The van der Waals surface area contributed by atoms with E-state index in [1.165, 1.54) is 6.07 Å². The second-order valence-corrected chi connectivity index (χ2v) is 4.50. The van der Waals surface area contributed by atoms with Crippen LogP contribution in [-0.2, 0) is 6.42 Å². The number of aromatic nitrogens is 1. The highest BCUT2D eigenvalue weighted by Gasteiger charge is 2.27. The average Bonchev–Trinajstić information content (AvgIpc) is 2.78. The molecule has 96 valence electrons. The highest BCUT2D eigenvalue weighted by molar-refractivity contribution is 6.15. The molecule has 0 spiro atoms. The van der Waals surface area contributed by atoms with E-state index in [4.69, 9.17) is 5.11 Å². The SMILES string of the molecule is O=C1/C(=C\O)CCc2c1[nH]c1cccc(C(=O)O)c21. The summed E-state index contributed by atoms with van der Waals surface area (Å²) in [5.74, 6) is -1.28. The summed E-state index contributed by atoms with van der Waals surface area (Å²) in [4.78, 5) is 26.3. The van der Waals surface area contributed by atoms with Gasteiger partial charge in [-0.15, -0.1) is 0 Å². The van der Waals surface area contributed by atoms with E-state index >= 15 is 0 Å². The Hall–Kier alpha value is -2.56. The summed E-state index contributed by atoms with van der Waals surface area (Å²) in [5, 5.41) is 18.8. The first-order valence-electron chi connectivity index (χ1n) is 5.88. The predicted molar refractivity (Wildman–Crippen MR) is 68.6 cm³/mol. The molecule has 3 N–H and O–H groups in total. The maximum Gasteiger partial charge on any atom is 0.336 e. The summed E-state index contributed by atoms with van der Waals surface area (Å²) in [7, 11) is 0. The van der Waals surface area contributed by atoms with Crippen molar-refractivity contribution in [2.75, 3.05) is 0 Å². The zero-order valence-electron chi connectivity index (χ0n) is 9.93. The number of carbonyl (C=O) groups is 2. The van der Waals surface area contributed by atoms with Crippen LogP contribution >= 0.6 is 0 Å². The number of ketones is 1. The minimum absolute atomic E-state index is 0.194. The molecule has 19 heavy (non-hydrogen) atoms. The fourth-order valence-corrected chi connectivity index (χ4v) is 2.60. The third-order valence-electron chi connectivity index (χ3n) is 3.48. The quantitative estimate of drug-likeness (QED) is 0.540. The van der Waals surface area contributed by atoms with Gasteiger partial charge >= 0.3 is 5.97 Å². The van der Waals surface area contributed by atoms with Gasteiger partial charge in [-0.25, -0.2) is 4.79 Å². The van der Waals surface area contributed by atoms with Gasteiger partial charge in [0.15, 0.2) is 0 Å². The number of aliphatic hydroxyl groups is 1. The molecule has 5 nitrogen and oxygen atoms in total. The van der Waals surface area contributed by atoms with Crippen LogP contribution in [-0.4, -0.2) is 26.9 Å². The molecule has 1 aromatic carbocycles. The molecule has 3 rings (SSSR count). The van der Waals surface area contributed by atoms with Crippen molar-refractivity contribution in [2.24, 2.45) is 0 Å². The zero-order valence-corrected chi connectivity index (χ0v) is 9.93. The van der Waals surface area contributed by atoms with E-state index in [-0.39, 0.29) is 11.3 Å². The second kappa shape index (κ2) is 3.98. The van der Waals surface area contributed by atoms with E-state index in [1.807, 2.05) is 0 Å². The van der Waals surface area contributed by atoms with Crippen LogP contribution in [0.2, 0.25) is 0 Å². The number of Topliss-reactive ketones (excluding diaryl/α,β-unsaturated/α-hetero) is 1. The lowest BCUT2D eigenvalue weighted by molar-refractivity contribution is 0.0698. The molecule has 0 saturated carbocycles. The molecule has 0 unspecified atom stereocenters. The lowest BCUT2D eigenvalue weighted by atomic mass is 9.90. The standard InChI is InChI=1S/C14H11NO4/c16-6-7-4-5-8-11-9(14(18)19)2-1-3-10(11)15-12(8)13(7)17/h1-3,6,15-16H,4-5H2,(H,18,19)/b7-6-. The van der Waals surface area contributed by atoms with E-state index in [1.54, 1.807) is 12.1 Å². The molecule has 2 aromatic rings. The molecule has 0 radical (unpaired) electrons. The number of aryl methyl sites for hydroxylation is 1. The van der Waals surface area contributed by atoms with E-state index in [0.29, 0.717) is 35.0 Å². The van der Waals surface area contributed by atoms with Gasteiger partial charge in [0, 0.05) is 16.5 Å². The van der Waals surface area contributed by atoms with E-state index < -0.39 is 5.97 Å². The Morgan fingerprint density at radius 3 is 2.79 bits per heavy atom. The number of aliphatic hydroxyl groups excluding tert-OH is 1. The summed E-state index contributed by atoms with van der Waals surface area (Å²) in [6.45, 7) is 0. The van der Waals surface area contributed by atoms with Crippen LogP contribution in [0.1, 0.15) is 32.8 Å². The molecule has 5 heteroatoms. The van der Waals surface area contributed by atoms with Gasteiger partial charge in [-0.05, 0) is 30.5 Å². The van der Waals surface area contributed by atoms with Crippen LogP contribution < -0.4 is 0 Å². The molecule has 0 amide bonds. The Morgan fingerprint density at radius 2 is 2.11 bits per heavy atom. The Morgan fingerprint density at radius 1 is 1.32 bits per heavy atom. The Kier molecular flexibility index (Phi) is 2.41. The highest BCUT2D eigenvalue weighted by atomic mass is 16.4. The van der Waals surface area contributed by atoms with Gasteiger partial charge in [-0.1, -0.05) is 6.07 Å². The van der Waals surface area contributed by atoms with Gasteiger partial charge in [0.25, 0.3) is 0 Å². The van der Waals surface area contributed by atoms with Gasteiger partial charge < -0.3 is 15.2 Å². The van der Waals surface area contributed by atoms with Crippen LogP contribution in [0, 0.1) is 0 Å². The van der Waals surface area contributed by atoms with Crippen LogP contribution in [0.25, 0.3) is 10.9 Å². The maximum absolute atomic E-state index is 12.1. The van der Waals surface area contributed by atoms with Crippen molar-refractivity contribution in [1.82, 2.24) is 4.98 Å². The van der Waals surface area contributed by atoms with Gasteiger partial charge in [-0.2, -0.15) is 0 Å². The van der Waals surface area contributed by atoms with Crippen molar-refractivity contribution >= 4 is 22.7 Å². The number of carbonyl (C=O) groups excluding carboxylic acids is 1. The third-order valence-corrected chi connectivity index (χ3v) is 3.48. The number of carboxylic acid groups (broad SMARTS) is 1. The number of aromatic carboxylic acids is 1. The summed E-state index contributed by atoms with van der Waals surface area (Å²) in [6.07, 6.45) is 1.79. The number of nitrogens with one attached hydrogen (secondary N) is 1. The number of carboxylic acids is 1. The second-order valence-electron chi connectivity index (χ2n) is 4.50. The summed E-state index contributed by atoms with van der Waals surface area (Å²) >= 11 is 0. The van der Waals surface area contributed by atoms with Crippen molar-refractivity contribution in [3.8, 4) is 0 Å². The van der Waals surface area contributed by atoms with Crippen molar-refractivity contribution in [2.45, 2.75) is 12.8 Å². The fraction of sp³-hybridized carbons (Fsp3) is 0.143. The first kappa shape index (κ1) is 11.5. The van der Waals surface area contributed by atoms with Gasteiger partial charge in [0.2, 0.25) is 5.78 Å². The molecule has 0 saturated heterocycles. The Bertz CT molecular complexity index is 739. The Balaban J connectivity index is 2.34. The number of aromatic amines is 1. The number of rotatable bonds is 1. The van der Waals surface area contributed by atoms with Crippen LogP contribution in [0.3, 0.4) is 0 Å². The molecule has 1 aliphatic carbocycles. The molecule has 1 heterocycles. The summed E-state index contributed by atoms with van der Waals surface area (Å²) < 4.78 is 0. The van der Waals surface area contributed by atoms with Gasteiger partial charge in [0.1, 0.15) is 0 Å². The maximum atomic E-state index is 12.1. The van der Waals surface area contributed by atoms with Crippen molar-refractivity contribution in [1.29, 1.82) is 0 Å². The Labute approximate surface area is 108 Å². The molecular formula is C14H11NO4. The number of H-pyrrole nitrogens is 1. The predicted octanol–water partition coefficient (Wildman–Crippen LogP) is 2.44. The number of allylic oxidation sites excluding steroid dienone is 1. The van der Waals surface area contributed by atoms with Crippen molar-refractivity contribution < 1.29 is 19.8 Å². The van der Waals surface area contributed by atoms with Crippen molar-refractivity contribution in [3.05, 3.63) is 46.9 Å². The molecule has 0 atom stereocenters. The molecule has 1 aliphatic rings. The summed E-state index contributed by atoms with van der Waals surface area (Å²) in [6, 6.07) is 4.91. The highest BCUT2D eigenvalue weighted by Crippen LogP contribution is 2.33. The van der Waals surface area contributed by atoms with Gasteiger partial charge in [-0.3, -0.25) is 4.79 Å². The molecule has 0 fully saturated rings. The van der Waals surface area contributed by atoms with Crippen LogP contribution in [0.4, 0.5) is 0 Å². The van der Waals surface area contributed by atoms with E-state index in [0.717, 1.165) is 11.8 Å². The number of benzene rings is 1. The van der Waals surface area contributed by atoms with E-state index in [9.17, 15) is 14.7 Å². The molecule has 1 aromatic heterocycles. The van der Waals surface area contributed by atoms with Crippen LogP contribution in [0.15, 0.2) is 30.0 Å². The molecule has 0 bridgehead atoms. The van der Waals surface area contributed by atoms with E-state index in [2.05, 4.69) is 4.98 Å². The van der Waals surface area contributed by atoms with Crippen molar-refractivity contribution in [3.63, 3.8) is 0 Å². The molecule has 0 aliphatic heterocycles. The first-order chi connectivity index (χ1) is 9.13. The fourth-order valence-electron chi connectivity index (χ4n) is 2.60. The average molecular weight is 257 g/mol. The number of fused-ring (bicyclic) bond motifs is 3. The number of hydrogen-bond donors (Lipinski definition) is 3. The van der Waals surface area contributed by atoms with Crippen LogP contribution in [0.5, 0.6) is 0 Å². The first-order valence-corrected chi connectivity index (χ1v) is 5.88. The normalized spacial score (nSPS) is 16.8. The zero-order chi connectivity index (χ0) is 13.6. The van der Waals surface area contributed by atoms with Gasteiger partial charge in [0.05, 0.1) is 17.5 Å². The minimum Gasteiger partial charge on any atom is -0.515 e. The lowest BCUT2D eigenvalue weighted by Gasteiger charge is -2.13. The topological polar surface area (TPSA) is 90.4 Å². The summed E-state index contributed by atoms with van der Waals surface area (Å²) in [5.41, 5.74) is 2.28. The molecular weight excluding hydrogens is 246 g/mol. The minimum atomic E-state index is -1.01. The number of hydrogen-bond acceptors (Lipinski definition) is 3. The smallest absolute Gasteiger partial charge is 0.336 e.